The molecule has 0 amide bonds. The summed E-state index contributed by atoms with van der Waals surface area (Å²) in [7, 11) is -2.09. The Kier molecular flexibility index (Phi) is 5.66. The van der Waals surface area contributed by atoms with Crippen LogP contribution in [0.2, 0.25) is 26.0 Å². The van der Waals surface area contributed by atoms with E-state index in [9.17, 15) is 10.1 Å². The van der Waals surface area contributed by atoms with Gasteiger partial charge in [0.05, 0.1) is 19.3 Å². The van der Waals surface area contributed by atoms with Crippen LogP contribution < -0.4 is 0 Å². The predicted molar refractivity (Wildman–Crippen MR) is 76.7 cm³/mol. The van der Waals surface area contributed by atoms with Crippen LogP contribution in [0.5, 0.6) is 0 Å². The fourth-order valence-corrected chi connectivity index (χ4v) is 1.91. The summed E-state index contributed by atoms with van der Waals surface area (Å²) in [6, 6.07) is 0. The van der Waals surface area contributed by atoms with Crippen LogP contribution in [0.4, 0.5) is 0 Å². The Bertz CT molecular complexity index is 264. The molecule has 0 rings (SSSR count). The number of aliphatic hydroxyl groups is 1. The molecule has 0 aromatic rings. The SMILES string of the molecule is CC(C)(O)C(C)(C)OB(O)CC=C[Si](C)(C)C. The lowest BCUT2D eigenvalue weighted by molar-refractivity contribution is -0.0996. The van der Waals surface area contributed by atoms with Crippen LogP contribution in [0.3, 0.4) is 0 Å². The first-order valence-corrected chi connectivity index (χ1v) is 9.69. The Labute approximate surface area is 107 Å². The number of rotatable bonds is 6. The molecule has 0 saturated heterocycles. The van der Waals surface area contributed by atoms with Crippen molar-refractivity contribution >= 4 is 15.2 Å². The van der Waals surface area contributed by atoms with Gasteiger partial charge in [-0.15, -0.1) is 0 Å². The molecule has 0 fully saturated rings. The van der Waals surface area contributed by atoms with Gasteiger partial charge in [0, 0.05) is 0 Å². The van der Waals surface area contributed by atoms with Gasteiger partial charge in [-0.05, 0) is 34.0 Å². The summed E-state index contributed by atoms with van der Waals surface area (Å²) in [6.45, 7) is 13.6. The molecular weight excluding hydrogens is 231 g/mol. The molecule has 5 heteroatoms. The third kappa shape index (κ3) is 7.03. The van der Waals surface area contributed by atoms with E-state index in [1.807, 2.05) is 6.08 Å². The molecule has 2 N–H and O–H groups in total. The van der Waals surface area contributed by atoms with E-state index in [-0.39, 0.29) is 0 Å². The van der Waals surface area contributed by atoms with Crippen LogP contribution in [0.25, 0.3) is 0 Å². The average Bonchev–Trinajstić information content (AvgIpc) is 1.97. The highest BCUT2D eigenvalue weighted by Crippen LogP contribution is 2.26. The van der Waals surface area contributed by atoms with Gasteiger partial charge >= 0.3 is 7.12 Å². The molecule has 0 saturated carbocycles. The smallest absolute Gasteiger partial charge is 0.427 e. The van der Waals surface area contributed by atoms with Gasteiger partial charge in [-0.2, -0.15) is 0 Å². The van der Waals surface area contributed by atoms with Crippen LogP contribution in [-0.2, 0) is 4.65 Å². The maximum Gasteiger partial charge on any atom is 0.458 e. The molecule has 100 valence electrons. The number of hydrogen-bond donors (Lipinski definition) is 2. The zero-order chi connectivity index (χ0) is 13.9. The highest BCUT2D eigenvalue weighted by atomic mass is 28.3. The van der Waals surface area contributed by atoms with E-state index in [1.165, 1.54) is 0 Å². The quantitative estimate of drug-likeness (QED) is 0.719. The Morgan fingerprint density at radius 2 is 1.65 bits per heavy atom. The van der Waals surface area contributed by atoms with Crippen LogP contribution >= 0.6 is 0 Å². The predicted octanol–water partition coefficient (Wildman–Crippen LogP) is 2.47. The standard InChI is InChI=1S/C12H27BO3Si/c1-11(2,14)12(3,4)16-13(15)9-8-10-17(5,6)7/h8,10,14-15H,9H2,1-7H3. The molecule has 17 heavy (non-hydrogen) atoms. The molecule has 0 atom stereocenters. The van der Waals surface area contributed by atoms with Crippen molar-refractivity contribution in [1.29, 1.82) is 0 Å². The molecule has 0 bridgehead atoms. The monoisotopic (exact) mass is 258 g/mol. The topological polar surface area (TPSA) is 49.7 Å². The second kappa shape index (κ2) is 5.69. The van der Waals surface area contributed by atoms with Crippen molar-refractivity contribution in [3.05, 3.63) is 11.8 Å². The molecule has 0 aliphatic heterocycles. The van der Waals surface area contributed by atoms with Crippen LogP contribution in [0.15, 0.2) is 11.8 Å². The molecule has 0 aromatic heterocycles. The third-order valence-electron chi connectivity index (χ3n) is 2.86. The Balaban J connectivity index is 4.29. The molecule has 0 radical (unpaired) electrons. The second-order valence-electron chi connectivity index (χ2n) is 6.65. The normalized spacial score (nSPS) is 14.4. The van der Waals surface area contributed by atoms with Crippen molar-refractivity contribution in [2.45, 2.75) is 64.9 Å². The van der Waals surface area contributed by atoms with E-state index in [0.29, 0.717) is 6.32 Å². The fraction of sp³-hybridized carbons (Fsp3) is 0.833. The lowest BCUT2D eigenvalue weighted by Crippen LogP contribution is -2.50. The summed E-state index contributed by atoms with van der Waals surface area (Å²) in [5.41, 5.74) is 0.409. The number of hydrogen-bond acceptors (Lipinski definition) is 3. The van der Waals surface area contributed by atoms with E-state index in [4.69, 9.17) is 4.65 Å². The average molecular weight is 258 g/mol. The second-order valence-corrected chi connectivity index (χ2v) is 11.7. The minimum absolute atomic E-state index is 0.462. The van der Waals surface area contributed by atoms with Crippen LogP contribution in [0, 0.1) is 0 Å². The minimum Gasteiger partial charge on any atom is -0.427 e. The first kappa shape index (κ1) is 16.9. The Morgan fingerprint density at radius 1 is 1.18 bits per heavy atom. The molecular formula is C12H27BO3Si. The van der Waals surface area contributed by atoms with Gasteiger partial charge in [-0.25, -0.2) is 0 Å². The summed E-state index contributed by atoms with van der Waals surface area (Å²) >= 11 is 0. The largest absolute Gasteiger partial charge is 0.458 e. The van der Waals surface area contributed by atoms with Gasteiger partial charge in [0.15, 0.2) is 0 Å². The molecule has 0 heterocycles. The van der Waals surface area contributed by atoms with Crippen molar-refractivity contribution in [2.75, 3.05) is 0 Å². The maximum atomic E-state index is 9.90. The van der Waals surface area contributed by atoms with E-state index in [0.717, 1.165) is 0 Å². The highest BCUT2D eigenvalue weighted by molar-refractivity contribution is 6.81. The first-order chi connectivity index (χ1) is 7.35. The summed E-state index contributed by atoms with van der Waals surface area (Å²) in [4.78, 5) is 0. The van der Waals surface area contributed by atoms with E-state index < -0.39 is 26.4 Å². The van der Waals surface area contributed by atoms with Gasteiger partial charge in [-0.3, -0.25) is 0 Å². The lowest BCUT2D eigenvalue weighted by atomic mass is 9.80. The fourth-order valence-electron chi connectivity index (χ4n) is 1.07. The molecule has 0 aromatic carbocycles. The van der Waals surface area contributed by atoms with Crippen molar-refractivity contribution in [2.24, 2.45) is 0 Å². The number of allylic oxidation sites excluding steroid dienone is 1. The molecule has 0 aliphatic carbocycles. The van der Waals surface area contributed by atoms with Gasteiger partial charge in [0.1, 0.15) is 0 Å². The third-order valence-corrected chi connectivity index (χ3v) is 4.10. The zero-order valence-corrected chi connectivity index (χ0v) is 13.2. The van der Waals surface area contributed by atoms with Gasteiger partial charge in [0.25, 0.3) is 0 Å². The molecule has 3 nitrogen and oxygen atoms in total. The van der Waals surface area contributed by atoms with Crippen LogP contribution in [-0.4, -0.2) is 36.5 Å². The van der Waals surface area contributed by atoms with Crippen molar-refractivity contribution in [3.8, 4) is 0 Å². The van der Waals surface area contributed by atoms with Gasteiger partial charge in [-0.1, -0.05) is 31.4 Å². The van der Waals surface area contributed by atoms with Crippen LogP contribution in [0.1, 0.15) is 27.7 Å². The summed E-state index contributed by atoms with van der Waals surface area (Å²) in [5.74, 6) is 0. The van der Waals surface area contributed by atoms with Gasteiger partial charge in [0.2, 0.25) is 0 Å². The maximum absolute atomic E-state index is 9.90. The van der Waals surface area contributed by atoms with Crippen molar-refractivity contribution in [3.63, 3.8) is 0 Å². The van der Waals surface area contributed by atoms with Gasteiger partial charge < -0.3 is 14.8 Å². The Morgan fingerprint density at radius 3 is 2.00 bits per heavy atom. The van der Waals surface area contributed by atoms with E-state index in [2.05, 4.69) is 25.3 Å². The molecule has 0 unspecified atom stereocenters. The highest BCUT2D eigenvalue weighted by Gasteiger charge is 2.38. The summed E-state index contributed by atoms with van der Waals surface area (Å²) < 4.78 is 5.49. The van der Waals surface area contributed by atoms with Crippen molar-refractivity contribution < 1.29 is 14.8 Å². The summed E-state index contributed by atoms with van der Waals surface area (Å²) in [5, 5.41) is 19.7. The first-order valence-electron chi connectivity index (χ1n) is 6.11. The van der Waals surface area contributed by atoms with Crippen molar-refractivity contribution in [1.82, 2.24) is 0 Å². The molecule has 0 aliphatic rings. The molecule has 0 spiro atoms. The van der Waals surface area contributed by atoms with E-state index in [1.54, 1.807) is 27.7 Å². The summed E-state index contributed by atoms with van der Waals surface area (Å²) in [6.07, 6.45) is 2.43. The lowest BCUT2D eigenvalue weighted by Gasteiger charge is -2.38. The zero-order valence-electron chi connectivity index (χ0n) is 12.2. The van der Waals surface area contributed by atoms with E-state index >= 15 is 0 Å². The minimum atomic E-state index is -1.22. The Hall–Kier alpha value is -0.0982.